The van der Waals surface area contributed by atoms with Gasteiger partial charge in [0.05, 0.1) is 0 Å². The van der Waals surface area contributed by atoms with Gasteiger partial charge in [0, 0.05) is 36.0 Å². The first kappa shape index (κ1) is 19.9. The molecule has 0 spiro atoms. The zero-order chi connectivity index (χ0) is 19.3. The second-order valence-electron chi connectivity index (χ2n) is 5.54. The smallest absolute Gasteiger partial charge is 0.326 e. The molecule has 2 rings (SSSR count). The van der Waals surface area contributed by atoms with E-state index in [9.17, 15) is 19.5 Å². The van der Waals surface area contributed by atoms with E-state index in [4.69, 9.17) is 11.6 Å². The second kappa shape index (κ2) is 8.77. The first-order chi connectivity index (χ1) is 12.3. The van der Waals surface area contributed by atoms with Crippen LogP contribution in [0.25, 0.3) is 10.6 Å². The third-order valence-electron chi connectivity index (χ3n) is 3.63. The first-order valence-electron chi connectivity index (χ1n) is 7.79. The highest BCUT2D eigenvalue weighted by Gasteiger charge is 2.27. The minimum absolute atomic E-state index is 0.0691. The SMILES string of the molecule is CC(=O)NCCN(C(=O)c1csc(-c2ccc(Cl)cc2)n1)C(C)C(=O)O. The number of aromatic nitrogens is 1. The number of carbonyl (C=O) groups is 3. The molecule has 0 radical (unpaired) electrons. The van der Waals surface area contributed by atoms with Crippen LogP contribution in [0.1, 0.15) is 24.3 Å². The Morgan fingerprint density at radius 2 is 1.96 bits per heavy atom. The first-order valence-corrected chi connectivity index (χ1v) is 9.05. The molecule has 0 saturated heterocycles. The molecule has 1 heterocycles. The molecule has 1 atom stereocenters. The molecule has 26 heavy (non-hydrogen) atoms. The van der Waals surface area contributed by atoms with Crippen molar-refractivity contribution in [3.8, 4) is 10.6 Å². The van der Waals surface area contributed by atoms with Crippen LogP contribution in [0.3, 0.4) is 0 Å². The number of nitrogens with one attached hydrogen (secondary N) is 1. The lowest BCUT2D eigenvalue weighted by atomic mass is 10.2. The van der Waals surface area contributed by atoms with E-state index < -0.39 is 17.9 Å². The fourth-order valence-electron chi connectivity index (χ4n) is 2.20. The van der Waals surface area contributed by atoms with Gasteiger partial charge in [-0.1, -0.05) is 23.7 Å². The molecule has 0 fully saturated rings. The number of hydrogen-bond donors (Lipinski definition) is 2. The number of halogens is 1. The largest absolute Gasteiger partial charge is 0.480 e. The van der Waals surface area contributed by atoms with Crippen LogP contribution in [0.4, 0.5) is 0 Å². The highest BCUT2D eigenvalue weighted by Crippen LogP contribution is 2.25. The van der Waals surface area contributed by atoms with Crippen LogP contribution in [-0.4, -0.2) is 51.9 Å². The van der Waals surface area contributed by atoms with Crippen molar-refractivity contribution < 1.29 is 19.5 Å². The summed E-state index contributed by atoms with van der Waals surface area (Å²) in [5.74, 6) is -1.88. The molecule has 2 N–H and O–H groups in total. The fourth-order valence-corrected chi connectivity index (χ4v) is 3.13. The minimum Gasteiger partial charge on any atom is -0.480 e. The number of aliphatic carboxylic acids is 1. The number of carbonyl (C=O) groups excluding carboxylic acids is 2. The van der Waals surface area contributed by atoms with E-state index in [1.165, 1.54) is 30.1 Å². The van der Waals surface area contributed by atoms with Crippen molar-refractivity contribution in [3.05, 3.63) is 40.4 Å². The molecular formula is C17H18ClN3O4S. The fraction of sp³-hybridized carbons (Fsp3) is 0.294. The van der Waals surface area contributed by atoms with Gasteiger partial charge in [0.1, 0.15) is 16.7 Å². The molecule has 1 aromatic heterocycles. The van der Waals surface area contributed by atoms with Gasteiger partial charge >= 0.3 is 5.97 Å². The minimum atomic E-state index is -1.13. The van der Waals surface area contributed by atoms with E-state index in [0.717, 1.165) is 5.56 Å². The van der Waals surface area contributed by atoms with Crippen LogP contribution in [-0.2, 0) is 9.59 Å². The van der Waals surface area contributed by atoms with Crippen LogP contribution in [0, 0.1) is 0 Å². The number of benzene rings is 1. The summed E-state index contributed by atoms with van der Waals surface area (Å²) in [6, 6.07) is 6.00. The van der Waals surface area contributed by atoms with Gasteiger partial charge in [-0.15, -0.1) is 11.3 Å². The van der Waals surface area contributed by atoms with Crippen molar-refractivity contribution in [2.75, 3.05) is 13.1 Å². The molecule has 0 aliphatic carbocycles. The molecule has 0 bridgehead atoms. The lowest BCUT2D eigenvalue weighted by Gasteiger charge is -2.25. The number of hydrogen-bond acceptors (Lipinski definition) is 5. The van der Waals surface area contributed by atoms with Crippen molar-refractivity contribution >= 4 is 40.7 Å². The lowest BCUT2D eigenvalue weighted by molar-refractivity contribution is -0.141. The van der Waals surface area contributed by atoms with Gasteiger partial charge in [-0.05, 0) is 19.1 Å². The van der Waals surface area contributed by atoms with E-state index in [2.05, 4.69) is 10.3 Å². The molecular weight excluding hydrogens is 378 g/mol. The number of carboxylic acids is 1. The van der Waals surface area contributed by atoms with Gasteiger partial charge in [0.2, 0.25) is 5.91 Å². The molecule has 2 aromatic rings. The second-order valence-corrected chi connectivity index (χ2v) is 6.84. The van der Waals surface area contributed by atoms with E-state index in [0.29, 0.717) is 10.0 Å². The topological polar surface area (TPSA) is 99.6 Å². The standard InChI is InChI=1S/C17H18ClN3O4S/c1-10(17(24)25)21(8-7-19-11(2)22)16(23)14-9-26-15(20-14)12-3-5-13(18)6-4-12/h3-6,9-10H,7-8H2,1-2H3,(H,19,22)(H,24,25). The Hall–Kier alpha value is -2.45. The van der Waals surface area contributed by atoms with Crippen LogP contribution in [0.15, 0.2) is 29.6 Å². The summed E-state index contributed by atoms with van der Waals surface area (Å²) in [6.07, 6.45) is 0. The van der Waals surface area contributed by atoms with E-state index >= 15 is 0 Å². The summed E-state index contributed by atoms with van der Waals surface area (Å²) in [7, 11) is 0. The molecule has 7 nitrogen and oxygen atoms in total. The normalized spacial score (nSPS) is 11.7. The molecule has 138 valence electrons. The third kappa shape index (κ3) is 5.03. The maximum atomic E-state index is 12.7. The molecule has 0 aliphatic heterocycles. The van der Waals surface area contributed by atoms with Crippen LogP contribution < -0.4 is 5.32 Å². The number of thiazole rings is 1. The van der Waals surface area contributed by atoms with Crippen molar-refractivity contribution in [2.24, 2.45) is 0 Å². The van der Waals surface area contributed by atoms with Crippen LogP contribution in [0.2, 0.25) is 5.02 Å². The van der Waals surface area contributed by atoms with Gasteiger partial charge in [0.15, 0.2) is 0 Å². The van der Waals surface area contributed by atoms with E-state index in [1.54, 1.807) is 29.6 Å². The number of rotatable bonds is 7. The van der Waals surface area contributed by atoms with E-state index in [-0.39, 0.29) is 24.7 Å². The molecule has 9 heteroatoms. The van der Waals surface area contributed by atoms with Crippen molar-refractivity contribution in [3.63, 3.8) is 0 Å². The van der Waals surface area contributed by atoms with Crippen molar-refractivity contribution in [1.29, 1.82) is 0 Å². The number of nitrogens with zero attached hydrogens (tertiary/aromatic N) is 2. The zero-order valence-electron chi connectivity index (χ0n) is 14.2. The van der Waals surface area contributed by atoms with Crippen molar-refractivity contribution in [2.45, 2.75) is 19.9 Å². The zero-order valence-corrected chi connectivity index (χ0v) is 15.8. The van der Waals surface area contributed by atoms with Gasteiger partial charge in [-0.3, -0.25) is 9.59 Å². The van der Waals surface area contributed by atoms with Gasteiger partial charge < -0.3 is 15.3 Å². The molecule has 2 amide bonds. The summed E-state index contributed by atoms with van der Waals surface area (Å²) in [5, 5.41) is 14.6. The Kier molecular flexibility index (Phi) is 6.70. The van der Waals surface area contributed by atoms with Crippen LogP contribution >= 0.6 is 22.9 Å². The highest BCUT2D eigenvalue weighted by atomic mass is 35.5. The monoisotopic (exact) mass is 395 g/mol. The Morgan fingerprint density at radius 1 is 1.31 bits per heavy atom. The molecule has 0 aliphatic rings. The number of amides is 2. The summed E-state index contributed by atoms with van der Waals surface area (Å²) in [5.41, 5.74) is 0.977. The summed E-state index contributed by atoms with van der Waals surface area (Å²) < 4.78 is 0. The quantitative estimate of drug-likeness (QED) is 0.750. The summed E-state index contributed by atoms with van der Waals surface area (Å²) in [6.45, 7) is 3.00. The van der Waals surface area contributed by atoms with Gasteiger partial charge in [-0.25, -0.2) is 9.78 Å². The Balaban J connectivity index is 2.20. The molecule has 1 aromatic carbocycles. The third-order valence-corrected chi connectivity index (χ3v) is 4.77. The summed E-state index contributed by atoms with van der Waals surface area (Å²) >= 11 is 7.15. The van der Waals surface area contributed by atoms with Gasteiger partial charge in [0.25, 0.3) is 5.91 Å². The average Bonchev–Trinajstić information content (AvgIpc) is 3.08. The lowest BCUT2D eigenvalue weighted by Crippen LogP contribution is -2.46. The number of carboxylic acid groups (broad SMARTS) is 1. The molecule has 0 saturated carbocycles. The predicted molar refractivity (Wildman–Crippen MR) is 99.4 cm³/mol. The molecule has 1 unspecified atom stereocenters. The Morgan fingerprint density at radius 3 is 2.54 bits per heavy atom. The van der Waals surface area contributed by atoms with Crippen molar-refractivity contribution in [1.82, 2.24) is 15.2 Å². The Labute approximate surface area is 159 Å². The predicted octanol–water partition coefficient (Wildman–Crippen LogP) is 2.51. The highest BCUT2D eigenvalue weighted by molar-refractivity contribution is 7.13. The van der Waals surface area contributed by atoms with E-state index in [1.807, 2.05) is 0 Å². The van der Waals surface area contributed by atoms with Crippen LogP contribution in [0.5, 0.6) is 0 Å². The average molecular weight is 396 g/mol. The Bertz CT molecular complexity index is 807. The maximum Gasteiger partial charge on any atom is 0.326 e. The maximum absolute atomic E-state index is 12.7. The summed E-state index contributed by atoms with van der Waals surface area (Å²) in [4.78, 5) is 40.6. The van der Waals surface area contributed by atoms with Gasteiger partial charge in [-0.2, -0.15) is 0 Å².